The van der Waals surface area contributed by atoms with E-state index in [2.05, 4.69) is 10.3 Å². The molecule has 0 aliphatic carbocycles. The van der Waals surface area contributed by atoms with Crippen molar-refractivity contribution in [1.82, 2.24) is 10.3 Å². The summed E-state index contributed by atoms with van der Waals surface area (Å²) >= 11 is 0. The van der Waals surface area contributed by atoms with Gasteiger partial charge in [0.25, 0.3) is 5.91 Å². The molecule has 0 aliphatic heterocycles. The first-order valence-corrected chi connectivity index (χ1v) is 8.67. The molecule has 0 spiro atoms. The molecule has 0 saturated heterocycles. The molecule has 0 aliphatic rings. The number of benzene rings is 3. The molecule has 4 aromatic rings. The van der Waals surface area contributed by atoms with Crippen LogP contribution in [0.1, 0.15) is 15.9 Å². The van der Waals surface area contributed by atoms with E-state index in [1.165, 1.54) is 12.1 Å². The third-order valence-electron chi connectivity index (χ3n) is 4.40. The van der Waals surface area contributed by atoms with Gasteiger partial charge in [-0.15, -0.1) is 0 Å². The first-order chi connectivity index (χ1) is 13.2. The topological polar surface area (TPSA) is 42.0 Å². The molecule has 1 N–H and O–H groups in total. The van der Waals surface area contributed by atoms with Crippen LogP contribution in [0, 0.1) is 5.82 Å². The molecule has 0 radical (unpaired) electrons. The van der Waals surface area contributed by atoms with Crippen molar-refractivity contribution >= 4 is 16.8 Å². The number of aromatic nitrogens is 1. The zero-order valence-electron chi connectivity index (χ0n) is 14.5. The number of amides is 1. The summed E-state index contributed by atoms with van der Waals surface area (Å²) < 4.78 is 13.4. The van der Waals surface area contributed by atoms with Gasteiger partial charge in [0.2, 0.25) is 0 Å². The van der Waals surface area contributed by atoms with Gasteiger partial charge >= 0.3 is 0 Å². The molecule has 4 rings (SSSR count). The van der Waals surface area contributed by atoms with E-state index in [-0.39, 0.29) is 11.7 Å². The molecule has 0 saturated carbocycles. The molecule has 0 atom stereocenters. The minimum Gasteiger partial charge on any atom is -0.348 e. The summed E-state index contributed by atoms with van der Waals surface area (Å²) in [6, 6.07) is 23.4. The molecule has 0 unspecified atom stereocenters. The zero-order valence-corrected chi connectivity index (χ0v) is 14.5. The second-order valence-electron chi connectivity index (χ2n) is 6.30. The van der Waals surface area contributed by atoms with Crippen LogP contribution in [0.5, 0.6) is 0 Å². The van der Waals surface area contributed by atoms with E-state index >= 15 is 0 Å². The van der Waals surface area contributed by atoms with Crippen molar-refractivity contribution in [2.24, 2.45) is 0 Å². The van der Waals surface area contributed by atoms with E-state index < -0.39 is 0 Å². The number of carbonyl (C=O) groups is 1. The highest BCUT2D eigenvalue weighted by atomic mass is 19.1. The minimum atomic E-state index is -0.267. The van der Waals surface area contributed by atoms with Gasteiger partial charge in [-0.2, -0.15) is 0 Å². The quantitative estimate of drug-likeness (QED) is 0.561. The summed E-state index contributed by atoms with van der Waals surface area (Å²) in [5.41, 5.74) is 4.13. The van der Waals surface area contributed by atoms with Gasteiger partial charge in [-0.25, -0.2) is 4.39 Å². The van der Waals surface area contributed by atoms with Gasteiger partial charge in [0.05, 0.1) is 5.52 Å². The number of pyridine rings is 1. The fourth-order valence-electron chi connectivity index (χ4n) is 3.03. The van der Waals surface area contributed by atoms with Crippen LogP contribution < -0.4 is 5.32 Å². The number of hydrogen-bond donors (Lipinski definition) is 1. The van der Waals surface area contributed by atoms with Gasteiger partial charge in [-0.05, 0) is 59.2 Å². The Labute approximate surface area is 156 Å². The Hall–Kier alpha value is -3.53. The third-order valence-corrected chi connectivity index (χ3v) is 4.40. The standard InChI is InChI=1S/C23H17FN2O/c24-21-8-2-6-18(14-21)17-5-1-4-16(12-17)15-26-23(27)20-9-10-22-19(13-20)7-3-11-25-22/h1-14H,15H2,(H,26,27). The van der Waals surface area contributed by atoms with Gasteiger partial charge in [0.15, 0.2) is 0 Å². The van der Waals surface area contributed by atoms with E-state index in [9.17, 15) is 9.18 Å². The van der Waals surface area contributed by atoms with Crippen LogP contribution >= 0.6 is 0 Å². The van der Waals surface area contributed by atoms with Crippen molar-refractivity contribution in [2.75, 3.05) is 0 Å². The summed E-state index contributed by atoms with van der Waals surface area (Å²) in [4.78, 5) is 16.7. The monoisotopic (exact) mass is 356 g/mol. The lowest BCUT2D eigenvalue weighted by atomic mass is 10.0. The lowest BCUT2D eigenvalue weighted by Crippen LogP contribution is -2.22. The number of hydrogen-bond acceptors (Lipinski definition) is 2. The van der Waals surface area contributed by atoms with Gasteiger partial charge in [-0.3, -0.25) is 9.78 Å². The van der Waals surface area contributed by atoms with Gasteiger partial charge < -0.3 is 5.32 Å². The molecule has 0 fully saturated rings. The van der Waals surface area contributed by atoms with Crippen LogP contribution in [0.2, 0.25) is 0 Å². The SMILES string of the molecule is O=C(NCc1cccc(-c2cccc(F)c2)c1)c1ccc2ncccc2c1. The summed E-state index contributed by atoms with van der Waals surface area (Å²) in [5, 5.41) is 3.87. The van der Waals surface area contributed by atoms with E-state index in [1.54, 1.807) is 18.3 Å². The first-order valence-electron chi connectivity index (χ1n) is 8.67. The maximum atomic E-state index is 13.4. The van der Waals surface area contributed by atoms with Crippen molar-refractivity contribution in [3.8, 4) is 11.1 Å². The van der Waals surface area contributed by atoms with Crippen molar-refractivity contribution in [3.05, 3.63) is 102 Å². The molecule has 0 bridgehead atoms. The van der Waals surface area contributed by atoms with Crippen LogP contribution in [-0.4, -0.2) is 10.9 Å². The molecule has 3 aromatic carbocycles. The summed E-state index contributed by atoms with van der Waals surface area (Å²) in [6.07, 6.45) is 1.73. The number of nitrogens with one attached hydrogen (secondary N) is 1. The highest BCUT2D eigenvalue weighted by Crippen LogP contribution is 2.21. The molecule has 1 aromatic heterocycles. The Morgan fingerprint density at radius 3 is 2.56 bits per heavy atom. The number of halogens is 1. The predicted molar refractivity (Wildman–Crippen MR) is 105 cm³/mol. The lowest BCUT2D eigenvalue weighted by Gasteiger charge is -2.08. The predicted octanol–water partition coefficient (Wildman–Crippen LogP) is 4.97. The maximum Gasteiger partial charge on any atom is 0.251 e. The molecular formula is C23H17FN2O. The van der Waals surface area contributed by atoms with Crippen LogP contribution in [0.3, 0.4) is 0 Å². The van der Waals surface area contributed by atoms with Crippen LogP contribution in [-0.2, 0) is 6.54 Å². The zero-order chi connectivity index (χ0) is 18.6. The smallest absolute Gasteiger partial charge is 0.251 e. The Kier molecular flexibility index (Phi) is 4.62. The molecule has 132 valence electrons. The van der Waals surface area contributed by atoms with Crippen molar-refractivity contribution in [2.45, 2.75) is 6.54 Å². The molecule has 3 nitrogen and oxygen atoms in total. The normalized spacial score (nSPS) is 10.7. The van der Waals surface area contributed by atoms with Crippen molar-refractivity contribution in [1.29, 1.82) is 0 Å². The molecule has 1 amide bonds. The van der Waals surface area contributed by atoms with Gasteiger partial charge in [-0.1, -0.05) is 36.4 Å². The van der Waals surface area contributed by atoms with Gasteiger partial charge in [0.1, 0.15) is 5.82 Å². The Bertz CT molecular complexity index is 1120. The maximum absolute atomic E-state index is 13.4. The van der Waals surface area contributed by atoms with E-state index in [0.717, 1.165) is 27.6 Å². The van der Waals surface area contributed by atoms with E-state index in [4.69, 9.17) is 0 Å². The Morgan fingerprint density at radius 1 is 0.889 bits per heavy atom. The lowest BCUT2D eigenvalue weighted by molar-refractivity contribution is 0.0951. The largest absolute Gasteiger partial charge is 0.348 e. The van der Waals surface area contributed by atoms with Crippen LogP contribution in [0.25, 0.3) is 22.0 Å². The number of fused-ring (bicyclic) bond motifs is 1. The average molecular weight is 356 g/mol. The summed E-state index contributed by atoms with van der Waals surface area (Å²) in [7, 11) is 0. The van der Waals surface area contributed by atoms with Gasteiger partial charge in [0, 0.05) is 23.7 Å². The van der Waals surface area contributed by atoms with Crippen molar-refractivity contribution < 1.29 is 9.18 Å². The van der Waals surface area contributed by atoms with Crippen LogP contribution in [0.15, 0.2) is 85.1 Å². The van der Waals surface area contributed by atoms with E-state index in [1.807, 2.05) is 54.6 Å². The number of nitrogens with zero attached hydrogens (tertiary/aromatic N) is 1. The molecule has 4 heteroatoms. The Balaban J connectivity index is 1.49. The summed E-state index contributed by atoms with van der Waals surface area (Å²) in [5.74, 6) is -0.408. The molecule has 27 heavy (non-hydrogen) atoms. The highest BCUT2D eigenvalue weighted by molar-refractivity contribution is 5.97. The summed E-state index contributed by atoms with van der Waals surface area (Å²) in [6.45, 7) is 0.396. The highest BCUT2D eigenvalue weighted by Gasteiger charge is 2.07. The molecular weight excluding hydrogens is 339 g/mol. The molecule has 1 heterocycles. The fraction of sp³-hybridized carbons (Fsp3) is 0.0435. The average Bonchev–Trinajstić information content (AvgIpc) is 2.72. The second kappa shape index (κ2) is 7.38. The number of rotatable bonds is 4. The first kappa shape index (κ1) is 16.9. The Morgan fingerprint density at radius 2 is 1.70 bits per heavy atom. The van der Waals surface area contributed by atoms with E-state index in [0.29, 0.717) is 12.1 Å². The van der Waals surface area contributed by atoms with Crippen molar-refractivity contribution in [3.63, 3.8) is 0 Å². The van der Waals surface area contributed by atoms with Crippen LogP contribution in [0.4, 0.5) is 4.39 Å². The third kappa shape index (κ3) is 3.85. The second-order valence-corrected chi connectivity index (χ2v) is 6.30. The number of carbonyl (C=O) groups excluding carboxylic acids is 1. The fourth-order valence-corrected chi connectivity index (χ4v) is 3.03. The minimum absolute atomic E-state index is 0.142.